The number of carbonyl (C=O) groups excluding carboxylic acids is 2. The molecule has 0 radical (unpaired) electrons. The molecule has 1 aromatic rings. The summed E-state index contributed by atoms with van der Waals surface area (Å²) >= 11 is 1.23. The van der Waals surface area contributed by atoms with Gasteiger partial charge in [-0.15, -0.1) is 11.3 Å². The molecule has 0 spiro atoms. The molecule has 1 heterocycles. The van der Waals surface area contributed by atoms with Crippen molar-refractivity contribution in [1.82, 2.24) is 10.3 Å². The van der Waals surface area contributed by atoms with E-state index in [0.717, 1.165) is 6.42 Å². The second kappa shape index (κ2) is 8.24. The first-order valence-corrected chi connectivity index (χ1v) is 8.57. The summed E-state index contributed by atoms with van der Waals surface area (Å²) in [6.07, 6.45) is 5.17. The normalized spacial score (nSPS) is 21.4. The second-order valence-corrected chi connectivity index (χ2v) is 6.50. The minimum Gasteiger partial charge on any atom is -0.376 e. The number of thiazole rings is 1. The summed E-state index contributed by atoms with van der Waals surface area (Å²) in [6.45, 7) is 4.62. The van der Waals surface area contributed by atoms with Crippen molar-refractivity contribution in [3.63, 3.8) is 0 Å². The van der Waals surface area contributed by atoms with Crippen molar-refractivity contribution in [2.24, 2.45) is 5.92 Å². The van der Waals surface area contributed by atoms with E-state index in [9.17, 15) is 9.59 Å². The molecule has 7 heteroatoms. The van der Waals surface area contributed by atoms with E-state index in [1.54, 1.807) is 5.38 Å². The van der Waals surface area contributed by atoms with Crippen LogP contribution in [0.3, 0.4) is 0 Å². The molecule has 2 unspecified atom stereocenters. The Labute approximate surface area is 134 Å². The van der Waals surface area contributed by atoms with Crippen molar-refractivity contribution in [3.05, 3.63) is 11.1 Å². The van der Waals surface area contributed by atoms with Crippen molar-refractivity contribution in [1.29, 1.82) is 0 Å². The molecule has 1 fully saturated rings. The van der Waals surface area contributed by atoms with Crippen LogP contribution in [-0.4, -0.2) is 36.1 Å². The number of hydrogen-bond acceptors (Lipinski definition) is 5. The number of amides is 2. The summed E-state index contributed by atoms with van der Waals surface area (Å²) in [5.41, 5.74) is 0.319. The summed E-state index contributed by atoms with van der Waals surface area (Å²) in [6, 6.07) is 0. The predicted octanol–water partition coefficient (Wildman–Crippen LogP) is 2.43. The van der Waals surface area contributed by atoms with Crippen molar-refractivity contribution in [2.45, 2.75) is 45.6 Å². The van der Waals surface area contributed by atoms with E-state index in [-0.39, 0.29) is 11.8 Å². The standard InChI is InChI=1S/C15H23N3O3S/c1-10-5-3-4-6-13(10)21-8-7-16-14(20)12-9-22-15(18-12)17-11(2)19/h9-10,13H,3-8H2,1-2H3,(H,16,20)(H,17,18,19). The van der Waals surface area contributed by atoms with Crippen LogP contribution < -0.4 is 10.6 Å². The number of nitrogens with one attached hydrogen (secondary N) is 2. The molecule has 2 rings (SSSR count). The number of rotatable bonds is 6. The van der Waals surface area contributed by atoms with E-state index in [0.29, 0.717) is 36.0 Å². The SMILES string of the molecule is CC(=O)Nc1nc(C(=O)NCCOC2CCCCC2C)cs1. The van der Waals surface area contributed by atoms with Crippen LogP contribution in [0.15, 0.2) is 5.38 Å². The molecule has 122 valence electrons. The predicted molar refractivity (Wildman–Crippen MR) is 86.1 cm³/mol. The Balaban J connectivity index is 1.69. The zero-order valence-electron chi connectivity index (χ0n) is 13.1. The molecule has 6 nitrogen and oxygen atoms in total. The second-order valence-electron chi connectivity index (χ2n) is 5.65. The van der Waals surface area contributed by atoms with E-state index >= 15 is 0 Å². The molecule has 1 aliphatic carbocycles. The van der Waals surface area contributed by atoms with Crippen LogP contribution in [0.2, 0.25) is 0 Å². The van der Waals surface area contributed by atoms with Crippen molar-refractivity contribution >= 4 is 28.3 Å². The minimum atomic E-state index is -0.242. The smallest absolute Gasteiger partial charge is 0.270 e. The average Bonchev–Trinajstić information content (AvgIpc) is 2.93. The monoisotopic (exact) mass is 325 g/mol. The van der Waals surface area contributed by atoms with Crippen LogP contribution in [0, 0.1) is 5.92 Å². The Hall–Kier alpha value is -1.47. The van der Waals surface area contributed by atoms with Gasteiger partial charge in [-0.1, -0.05) is 19.8 Å². The van der Waals surface area contributed by atoms with E-state index in [1.807, 2.05) is 0 Å². The van der Waals surface area contributed by atoms with Gasteiger partial charge in [0.05, 0.1) is 12.7 Å². The van der Waals surface area contributed by atoms with Gasteiger partial charge >= 0.3 is 0 Å². The third-order valence-corrected chi connectivity index (χ3v) is 4.53. The van der Waals surface area contributed by atoms with Gasteiger partial charge in [0.1, 0.15) is 5.69 Å². The quantitative estimate of drug-likeness (QED) is 0.787. The van der Waals surface area contributed by atoms with Gasteiger partial charge < -0.3 is 15.4 Å². The van der Waals surface area contributed by atoms with Gasteiger partial charge in [-0.25, -0.2) is 4.98 Å². The van der Waals surface area contributed by atoms with Gasteiger partial charge in [0, 0.05) is 18.8 Å². The van der Waals surface area contributed by atoms with Gasteiger partial charge in [-0.2, -0.15) is 0 Å². The van der Waals surface area contributed by atoms with Crippen LogP contribution in [0.4, 0.5) is 5.13 Å². The first-order valence-electron chi connectivity index (χ1n) is 7.69. The van der Waals surface area contributed by atoms with Crippen LogP contribution in [0.5, 0.6) is 0 Å². The number of anilines is 1. The summed E-state index contributed by atoms with van der Waals surface area (Å²) in [7, 11) is 0. The largest absolute Gasteiger partial charge is 0.376 e. The molecule has 1 aliphatic rings. The Morgan fingerprint density at radius 1 is 1.41 bits per heavy atom. The fraction of sp³-hybridized carbons (Fsp3) is 0.667. The van der Waals surface area contributed by atoms with Crippen molar-refractivity contribution in [2.75, 3.05) is 18.5 Å². The zero-order chi connectivity index (χ0) is 15.9. The third-order valence-electron chi connectivity index (χ3n) is 3.77. The molecule has 0 aliphatic heterocycles. The molecule has 0 aromatic carbocycles. The summed E-state index contributed by atoms with van der Waals surface area (Å²) in [4.78, 5) is 26.9. The minimum absolute atomic E-state index is 0.198. The number of carbonyl (C=O) groups is 2. The average molecular weight is 325 g/mol. The molecular weight excluding hydrogens is 302 g/mol. The third kappa shape index (κ3) is 5.06. The van der Waals surface area contributed by atoms with E-state index in [2.05, 4.69) is 22.5 Å². The molecule has 0 saturated heterocycles. The van der Waals surface area contributed by atoms with Gasteiger partial charge in [0.15, 0.2) is 5.13 Å². The fourth-order valence-electron chi connectivity index (χ4n) is 2.58. The Morgan fingerprint density at radius 3 is 2.91 bits per heavy atom. The zero-order valence-corrected chi connectivity index (χ0v) is 13.9. The van der Waals surface area contributed by atoms with Gasteiger partial charge in [-0.05, 0) is 18.8 Å². The molecule has 1 aromatic heterocycles. The van der Waals surface area contributed by atoms with Crippen LogP contribution in [0.1, 0.15) is 50.0 Å². The summed E-state index contributed by atoms with van der Waals surface area (Å²) in [5.74, 6) is 0.160. The first-order chi connectivity index (χ1) is 10.6. The highest BCUT2D eigenvalue weighted by molar-refractivity contribution is 7.14. The van der Waals surface area contributed by atoms with E-state index < -0.39 is 0 Å². The number of nitrogens with zero attached hydrogens (tertiary/aromatic N) is 1. The molecule has 2 amide bonds. The highest BCUT2D eigenvalue weighted by Crippen LogP contribution is 2.26. The molecule has 22 heavy (non-hydrogen) atoms. The maximum absolute atomic E-state index is 11.9. The van der Waals surface area contributed by atoms with Crippen molar-refractivity contribution in [3.8, 4) is 0 Å². The topological polar surface area (TPSA) is 80.3 Å². The van der Waals surface area contributed by atoms with Crippen LogP contribution in [0.25, 0.3) is 0 Å². The molecule has 2 N–H and O–H groups in total. The lowest BCUT2D eigenvalue weighted by Gasteiger charge is -2.28. The highest BCUT2D eigenvalue weighted by atomic mass is 32.1. The number of hydrogen-bond donors (Lipinski definition) is 2. The first kappa shape index (κ1) is 16.9. The molecular formula is C15H23N3O3S. The molecule has 1 saturated carbocycles. The van der Waals surface area contributed by atoms with Crippen molar-refractivity contribution < 1.29 is 14.3 Å². The van der Waals surface area contributed by atoms with E-state index in [4.69, 9.17) is 4.74 Å². The maximum atomic E-state index is 11.9. The lowest BCUT2D eigenvalue weighted by Crippen LogP contribution is -2.32. The van der Waals surface area contributed by atoms with Crippen LogP contribution in [-0.2, 0) is 9.53 Å². The Morgan fingerprint density at radius 2 is 2.18 bits per heavy atom. The number of ether oxygens (including phenoxy) is 1. The van der Waals surface area contributed by atoms with Crippen LogP contribution >= 0.6 is 11.3 Å². The summed E-state index contributed by atoms with van der Waals surface area (Å²) in [5, 5.41) is 7.41. The van der Waals surface area contributed by atoms with Gasteiger partial charge in [0.25, 0.3) is 5.91 Å². The highest BCUT2D eigenvalue weighted by Gasteiger charge is 2.21. The maximum Gasteiger partial charge on any atom is 0.270 e. The van der Waals surface area contributed by atoms with E-state index in [1.165, 1.54) is 37.5 Å². The fourth-order valence-corrected chi connectivity index (χ4v) is 3.32. The lowest BCUT2D eigenvalue weighted by atomic mass is 9.88. The lowest BCUT2D eigenvalue weighted by molar-refractivity contribution is -0.114. The summed E-state index contributed by atoms with van der Waals surface area (Å²) < 4.78 is 5.85. The molecule has 2 atom stereocenters. The molecule has 0 bridgehead atoms. The Kier molecular flexibility index (Phi) is 6.33. The Bertz CT molecular complexity index is 518. The number of aromatic nitrogens is 1. The van der Waals surface area contributed by atoms with Gasteiger partial charge in [0.2, 0.25) is 5.91 Å². The van der Waals surface area contributed by atoms with Gasteiger partial charge in [-0.3, -0.25) is 9.59 Å².